The minimum Gasteiger partial charge on any atom is -0.368 e. The van der Waals surface area contributed by atoms with Gasteiger partial charge in [0.05, 0.1) is 6.54 Å². The van der Waals surface area contributed by atoms with E-state index in [4.69, 9.17) is 5.73 Å². The highest BCUT2D eigenvalue weighted by molar-refractivity contribution is 5.79. The summed E-state index contributed by atoms with van der Waals surface area (Å²) < 4.78 is 0. The van der Waals surface area contributed by atoms with Gasteiger partial charge >= 0.3 is 0 Å². The summed E-state index contributed by atoms with van der Waals surface area (Å²) in [5, 5.41) is 3.35. The number of likely N-dealkylation sites (N-methyl/N-ethyl adjacent to an activating group) is 1. The molecular weight excluding hydrogens is 214 g/mol. The maximum atomic E-state index is 10.8. The molecule has 1 aromatic rings. The van der Waals surface area contributed by atoms with Crippen LogP contribution >= 0.6 is 0 Å². The zero-order chi connectivity index (χ0) is 12.8. The Labute approximate surface area is 103 Å². The van der Waals surface area contributed by atoms with Gasteiger partial charge in [-0.2, -0.15) is 0 Å². The SMILES string of the molecule is CC(C)NCc1ccc(N(C)CC(N)=O)cc1. The molecule has 4 heteroatoms. The topological polar surface area (TPSA) is 58.4 Å². The lowest BCUT2D eigenvalue weighted by Gasteiger charge is -2.17. The van der Waals surface area contributed by atoms with E-state index >= 15 is 0 Å². The minimum absolute atomic E-state index is 0.240. The van der Waals surface area contributed by atoms with Crippen molar-refractivity contribution in [1.29, 1.82) is 0 Å². The van der Waals surface area contributed by atoms with Crippen LogP contribution in [0, 0.1) is 0 Å². The Hall–Kier alpha value is -1.55. The highest BCUT2D eigenvalue weighted by Gasteiger charge is 2.04. The van der Waals surface area contributed by atoms with Crippen LogP contribution in [0.15, 0.2) is 24.3 Å². The Morgan fingerprint density at radius 2 is 1.94 bits per heavy atom. The first-order valence-corrected chi connectivity index (χ1v) is 5.81. The van der Waals surface area contributed by atoms with E-state index in [-0.39, 0.29) is 12.5 Å². The molecule has 0 unspecified atom stereocenters. The molecule has 0 atom stereocenters. The summed E-state index contributed by atoms with van der Waals surface area (Å²) >= 11 is 0. The van der Waals surface area contributed by atoms with Crippen LogP contribution in [0.4, 0.5) is 5.69 Å². The van der Waals surface area contributed by atoms with Gasteiger partial charge in [-0.15, -0.1) is 0 Å². The van der Waals surface area contributed by atoms with E-state index in [1.807, 2.05) is 24.1 Å². The molecule has 3 N–H and O–H groups in total. The molecule has 0 aliphatic heterocycles. The van der Waals surface area contributed by atoms with Gasteiger partial charge in [-0.05, 0) is 17.7 Å². The Bertz CT molecular complexity index is 359. The molecule has 0 aliphatic carbocycles. The molecule has 1 amide bonds. The fourth-order valence-electron chi connectivity index (χ4n) is 1.52. The van der Waals surface area contributed by atoms with Crippen LogP contribution in [0.3, 0.4) is 0 Å². The molecule has 0 radical (unpaired) electrons. The molecule has 0 aromatic heterocycles. The number of rotatable bonds is 6. The second kappa shape index (κ2) is 6.25. The zero-order valence-corrected chi connectivity index (χ0v) is 10.7. The highest BCUT2D eigenvalue weighted by atomic mass is 16.1. The van der Waals surface area contributed by atoms with Crippen LogP contribution < -0.4 is 16.0 Å². The van der Waals surface area contributed by atoms with Crippen LogP contribution in [-0.4, -0.2) is 25.5 Å². The van der Waals surface area contributed by atoms with E-state index in [9.17, 15) is 4.79 Å². The average Bonchev–Trinajstić information content (AvgIpc) is 2.26. The van der Waals surface area contributed by atoms with Gasteiger partial charge in [0, 0.05) is 25.3 Å². The minimum atomic E-state index is -0.321. The monoisotopic (exact) mass is 235 g/mol. The predicted molar refractivity (Wildman–Crippen MR) is 70.9 cm³/mol. The van der Waals surface area contributed by atoms with Crippen molar-refractivity contribution >= 4 is 11.6 Å². The quantitative estimate of drug-likeness (QED) is 0.776. The summed E-state index contributed by atoms with van der Waals surface area (Å²) in [6.45, 7) is 5.34. The number of carbonyl (C=O) groups excluding carboxylic acids is 1. The number of benzene rings is 1. The van der Waals surface area contributed by atoms with Crippen LogP contribution in [0.1, 0.15) is 19.4 Å². The fraction of sp³-hybridized carbons (Fsp3) is 0.462. The largest absolute Gasteiger partial charge is 0.368 e. The van der Waals surface area contributed by atoms with Crippen molar-refractivity contribution in [1.82, 2.24) is 5.32 Å². The van der Waals surface area contributed by atoms with Gasteiger partial charge in [0.2, 0.25) is 5.91 Å². The maximum absolute atomic E-state index is 10.8. The molecule has 4 nitrogen and oxygen atoms in total. The molecule has 17 heavy (non-hydrogen) atoms. The van der Waals surface area contributed by atoms with Gasteiger partial charge in [-0.25, -0.2) is 0 Å². The first-order chi connectivity index (χ1) is 7.99. The first kappa shape index (κ1) is 13.5. The van der Waals surface area contributed by atoms with Crippen molar-refractivity contribution in [2.45, 2.75) is 26.4 Å². The van der Waals surface area contributed by atoms with E-state index in [2.05, 4.69) is 31.3 Å². The lowest BCUT2D eigenvalue weighted by molar-refractivity contribution is -0.116. The van der Waals surface area contributed by atoms with Crippen LogP contribution in [0.2, 0.25) is 0 Å². The number of carbonyl (C=O) groups is 1. The number of nitrogens with one attached hydrogen (secondary N) is 1. The molecule has 0 aliphatic rings. The van der Waals surface area contributed by atoms with E-state index < -0.39 is 0 Å². The molecule has 0 bridgehead atoms. The number of hydrogen-bond donors (Lipinski definition) is 2. The van der Waals surface area contributed by atoms with Crippen molar-refractivity contribution < 1.29 is 4.79 Å². The Morgan fingerprint density at radius 1 is 1.35 bits per heavy atom. The second-order valence-electron chi connectivity index (χ2n) is 4.52. The number of amides is 1. The molecule has 0 saturated heterocycles. The molecule has 0 spiro atoms. The van der Waals surface area contributed by atoms with Gasteiger partial charge in [0.15, 0.2) is 0 Å². The third kappa shape index (κ3) is 4.87. The van der Waals surface area contributed by atoms with E-state index in [1.165, 1.54) is 5.56 Å². The van der Waals surface area contributed by atoms with E-state index in [1.54, 1.807) is 0 Å². The van der Waals surface area contributed by atoms with Crippen molar-refractivity contribution in [3.05, 3.63) is 29.8 Å². The zero-order valence-electron chi connectivity index (χ0n) is 10.7. The van der Waals surface area contributed by atoms with Gasteiger partial charge < -0.3 is 16.0 Å². The smallest absolute Gasteiger partial charge is 0.236 e. The third-order valence-electron chi connectivity index (χ3n) is 2.48. The summed E-state index contributed by atoms with van der Waals surface area (Å²) in [6.07, 6.45) is 0. The molecule has 0 saturated carbocycles. The maximum Gasteiger partial charge on any atom is 0.236 e. The van der Waals surface area contributed by atoms with Crippen molar-refractivity contribution in [2.24, 2.45) is 5.73 Å². The highest BCUT2D eigenvalue weighted by Crippen LogP contribution is 2.13. The van der Waals surface area contributed by atoms with Crippen LogP contribution in [0.5, 0.6) is 0 Å². The lowest BCUT2D eigenvalue weighted by atomic mass is 10.2. The number of nitrogens with two attached hydrogens (primary N) is 1. The van der Waals surface area contributed by atoms with E-state index in [0.717, 1.165) is 12.2 Å². The number of anilines is 1. The molecule has 94 valence electrons. The van der Waals surface area contributed by atoms with Gasteiger partial charge in [-0.1, -0.05) is 26.0 Å². The standard InChI is InChI=1S/C13H21N3O/c1-10(2)15-8-11-4-6-12(7-5-11)16(3)9-13(14)17/h4-7,10,15H,8-9H2,1-3H3,(H2,14,17). The summed E-state index contributed by atoms with van der Waals surface area (Å²) in [5.74, 6) is -0.321. The summed E-state index contributed by atoms with van der Waals surface area (Å²) in [5.41, 5.74) is 7.38. The second-order valence-corrected chi connectivity index (χ2v) is 4.52. The predicted octanol–water partition coefficient (Wildman–Crippen LogP) is 1.11. The summed E-state index contributed by atoms with van der Waals surface area (Å²) in [6, 6.07) is 8.59. The fourth-order valence-corrected chi connectivity index (χ4v) is 1.52. The normalized spacial score (nSPS) is 10.6. The van der Waals surface area contributed by atoms with E-state index in [0.29, 0.717) is 6.04 Å². The first-order valence-electron chi connectivity index (χ1n) is 5.81. The molecule has 0 heterocycles. The molecule has 1 aromatic carbocycles. The van der Waals surface area contributed by atoms with Gasteiger partial charge in [-0.3, -0.25) is 4.79 Å². The molecule has 0 fully saturated rings. The Kier molecular flexibility index (Phi) is 4.97. The van der Waals surface area contributed by atoms with Crippen LogP contribution in [0.25, 0.3) is 0 Å². The Morgan fingerprint density at radius 3 is 2.41 bits per heavy atom. The van der Waals surface area contributed by atoms with Crippen molar-refractivity contribution in [3.63, 3.8) is 0 Å². The third-order valence-corrected chi connectivity index (χ3v) is 2.48. The van der Waals surface area contributed by atoms with Crippen molar-refractivity contribution in [2.75, 3.05) is 18.5 Å². The van der Waals surface area contributed by atoms with Gasteiger partial charge in [0.25, 0.3) is 0 Å². The van der Waals surface area contributed by atoms with Gasteiger partial charge in [0.1, 0.15) is 0 Å². The van der Waals surface area contributed by atoms with Crippen LogP contribution in [-0.2, 0) is 11.3 Å². The number of primary amides is 1. The average molecular weight is 235 g/mol. The van der Waals surface area contributed by atoms with Crippen molar-refractivity contribution in [3.8, 4) is 0 Å². The number of hydrogen-bond acceptors (Lipinski definition) is 3. The molecule has 1 rings (SSSR count). The summed E-state index contributed by atoms with van der Waals surface area (Å²) in [7, 11) is 1.85. The molecular formula is C13H21N3O. The number of nitrogens with zero attached hydrogens (tertiary/aromatic N) is 1. The Balaban J connectivity index is 2.58. The lowest BCUT2D eigenvalue weighted by Crippen LogP contribution is -2.30. The summed E-state index contributed by atoms with van der Waals surface area (Å²) in [4.78, 5) is 12.6.